The Morgan fingerprint density at radius 1 is 1.64 bits per heavy atom. The molecule has 1 heterocycles. The van der Waals surface area contributed by atoms with Crippen molar-refractivity contribution in [3.8, 4) is 0 Å². The lowest BCUT2D eigenvalue weighted by molar-refractivity contribution is 0.734. The molecular weight excluding hydrogens is 158 g/mol. The largest absolute Gasteiger partial charge is 0.264 e. The average Bonchev–Trinajstić information content (AvgIpc) is 2.07. The quantitative estimate of drug-likeness (QED) is 0.635. The zero-order valence-electron chi connectivity index (χ0n) is 6.63. The predicted octanol–water partition coefficient (Wildman–Crippen LogP) is 2.81. The van der Waals surface area contributed by atoms with Crippen LogP contribution in [0.4, 0.5) is 0 Å². The van der Waals surface area contributed by atoms with Crippen molar-refractivity contribution in [2.24, 2.45) is 0 Å². The molecule has 0 amide bonds. The first kappa shape index (κ1) is 8.54. The Morgan fingerprint density at radius 2 is 2.45 bits per heavy atom. The maximum atomic E-state index is 5.63. The van der Waals surface area contributed by atoms with E-state index in [1.165, 1.54) is 5.56 Å². The lowest BCUT2D eigenvalue weighted by Crippen LogP contribution is -1.94. The summed E-state index contributed by atoms with van der Waals surface area (Å²) in [6, 6.07) is 4.05. The number of nitrogens with zero attached hydrogens (tertiary/aromatic N) is 1. The molecule has 0 aliphatic heterocycles. The van der Waals surface area contributed by atoms with Gasteiger partial charge in [0.1, 0.15) is 0 Å². The Balaban J connectivity index is 2.61. The number of pyridine rings is 1. The molecule has 1 aromatic rings. The highest BCUT2D eigenvalue weighted by atomic mass is 35.5. The highest BCUT2D eigenvalue weighted by molar-refractivity contribution is 6.17. The molecule has 0 aromatic carbocycles. The van der Waals surface area contributed by atoms with E-state index in [0.717, 1.165) is 12.3 Å². The van der Waals surface area contributed by atoms with Gasteiger partial charge in [0, 0.05) is 18.3 Å². The van der Waals surface area contributed by atoms with Crippen LogP contribution in [0.15, 0.2) is 24.5 Å². The van der Waals surface area contributed by atoms with Gasteiger partial charge in [-0.2, -0.15) is 0 Å². The van der Waals surface area contributed by atoms with E-state index in [0.29, 0.717) is 5.92 Å². The number of rotatable bonds is 3. The van der Waals surface area contributed by atoms with Crippen LogP contribution >= 0.6 is 11.6 Å². The molecule has 0 bridgehead atoms. The molecule has 11 heavy (non-hydrogen) atoms. The second kappa shape index (κ2) is 4.35. The SMILES string of the molecule is CC(CCCl)c1cccnc1. The molecule has 0 fully saturated rings. The minimum absolute atomic E-state index is 0.529. The van der Waals surface area contributed by atoms with Crippen molar-refractivity contribution in [2.75, 3.05) is 5.88 Å². The molecule has 0 saturated carbocycles. The Morgan fingerprint density at radius 3 is 3.00 bits per heavy atom. The van der Waals surface area contributed by atoms with Crippen molar-refractivity contribution in [1.29, 1.82) is 0 Å². The molecule has 0 spiro atoms. The van der Waals surface area contributed by atoms with Crippen molar-refractivity contribution in [3.05, 3.63) is 30.1 Å². The van der Waals surface area contributed by atoms with Crippen LogP contribution in [0.2, 0.25) is 0 Å². The van der Waals surface area contributed by atoms with E-state index in [1.54, 1.807) is 6.20 Å². The number of alkyl halides is 1. The van der Waals surface area contributed by atoms with Crippen LogP contribution in [0.25, 0.3) is 0 Å². The van der Waals surface area contributed by atoms with Gasteiger partial charge in [-0.05, 0) is 24.0 Å². The standard InChI is InChI=1S/C9H12ClN/c1-8(4-5-10)9-3-2-6-11-7-9/h2-3,6-8H,4-5H2,1H3. The minimum Gasteiger partial charge on any atom is -0.264 e. The number of halogens is 1. The zero-order valence-corrected chi connectivity index (χ0v) is 7.38. The molecule has 0 N–H and O–H groups in total. The van der Waals surface area contributed by atoms with Gasteiger partial charge in [0.25, 0.3) is 0 Å². The molecule has 1 rings (SSSR count). The fourth-order valence-electron chi connectivity index (χ4n) is 0.998. The maximum Gasteiger partial charge on any atom is 0.0302 e. The van der Waals surface area contributed by atoms with Crippen LogP contribution in [0.5, 0.6) is 0 Å². The van der Waals surface area contributed by atoms with Gasteiger partial charge in [0.2, 0.25) is 0 Å². The summed E-state index contributed by atoms with van der Waals surface area (Å²) in [6.45, 7) is 2.17. The van der Waals surface area contributed by atoms with Crippen molar-refractivity contribution in [1.82, 2.24) is 4.98 Å². The van der Waals surface area contributed by atoms with Crippen LogP contribution < -0.4 is 0 Å². The first-order valence-corrected chi connectivity index (χ1v) is 4.34. The van der Waals surface area contributed by atoms with Crippen LogP contribution in [-0.2, 0) is 0 Å². The third-order valence-corrected chi connectivity index (χ3v) is 2.01. The van der Waals surface area contributed by atoms with Gasteiger partial charge in [-0.1, -0.05) is 13.0 Å². The molecule has 1 aromatic heterocycles. The Bertz CT molecular complexity index is 198. The normalized spacial score (nSPS) is 12.9. The van der Waals surface area contributed by atoms with E-state index in [2.05, 4.69) is 18.0 Å². The van der Waals surface area contributed by atoms with E-state index in [-0.39, 0.29) is 0 Å². The fraction of sp³-hybridized carbons (Fsp3) is 0.444. The molecule has 1 nitrogen and oxygen atoms in total. The summed E-state index contributed by atoms with van der Waals surface area (Å²) in [5.74, 6) is 1.25. The molecule has 0 radical (unpaired) electrons. The highest BCUT2D eigenvalue weighted by Gasteiger charge is 2.02. The molecule has 1 atom stereocenters. The molecule has 0 saturated heterocycles. The van der Waals surface area contributed by atoms with Crippen molar-refractivity contribution in [3.63, 3.8) is 0 Å². The summed E-state index contributed by atoms with van der Waals surface area (Å²) in [5, 5.41) is 0. The van der Waals surface area contributed by atoms with Gasteiger partial charge in [-0.3, -0.25) is 4.98 Å². The monoisotopic (exact) mass is 169 g/mol. The summed E-state index contributed by atoms with van der Waals surface area (Å²) in [5.41, 5.74) is 1.27. The summed E-state index contributed by atoms with van der Waals surface area (Å²) in [7, 11) is 0. The zero-order chi connectivity index (χ0) is 8.10. The predicted molar refractivity (Wildman–Crippen MR) is 48.0 cm³/mol. The van der Waals surface area contributed by atoms with E-state index in [9.17, 15) is 0 Å². The third-order valence-electron chi connectivity index (χ3n) is 1.80. The van der Waals surface area contributed by atoms with Gasteiger partial charge in [0.05, 0.1) is 0 Å². The Labute approximate surface area is 72.4 Å². The van der Waals surface area contributed by atoms with Gasteiger partial charge >= 0.3 is 0 Å². The molecular formula is C9H12ClN. The molecule has 0 aliphatic rings. The first-order valence-electron chi connectivity index (χ1n) is 3.80. The Hall–Kier alpha value is -0.560. The van der Waals surface area contributed by atoms with Crippen molar-refractivity contribution < 1.29 is 0 Å². The minimum atomic E-state index is 0.529. The molecule has 60 valence electrons. The van der Waals surface area contributed by atoms with Crippen LogP contribution in [0, 0.1) is 0 Å². The van der Waals surface area contributed by atoms with Gasteiger partial charge < -0.3 is 0 Å². The first-order chi connectivity index (χ1) is 5.34. The summed E-state index contributed by atoms with van der Waals surface area (Å²) >= 11 is 5.63. The van der Waals surface area contributed by atoms with Crippen LogP contribution in [0.3, 0.4) is 0 Å². The fourth-order valence-corrected chi connectivity index (χ4v) is 1.33. The Kier molecular flexibility index (Phi) is 3.37. The molecule has 0 aliphatic carbocycles. The lowest BCUT2D eigenvalue weighted by atomic mass is 10.0. The maximum absolute atomic E-state index is 5.63. The van der Waals surface area contributed by atoms with E-state index < -0.39 is 0 Å². The van der Waals surface area contributed by atoms with Gasteiger partial charge in [-0.25, -0.2) is 0 Å². The number of hydrogen-bond acceptors (Lipinski definition) is 1. The highest BCUT2D eigenvalue weighted by Crippen LogP contribution is 2.17. The van der Waals surface area contributed by atoms with Crippen LogP contribution in [-0.4, -0.2) is 10.9 Å². The second-order valence-corrected chi connectivity index (χ2v) is 3.04. The molecule has 2 heteroatoms. The van der Waals surface area contributed by atoms with Gasteiger partial charge in [-0.15, -0.1) is 11.6 Å². The summed E-state index contributed by atoms with van der Waals surface area (Å²) < 4.78 is 0. The van der Waals surface area contributed by atoms with E-state index in [4.69, 9.17) is 11.6 Å². The van der Waals surface area contributed by atoms with Gasteiger partial charge in [0.15, 0.2) is 0 Å². The van der Waals surface area contributed by atoms with Crippen molar-refractivity contribution >= 4 is 11.6 Å². The second-order valence-electron chi connectivity index (χ2n) is 2.67. The summed E-state index contributed by atoms with van der Waals surface area (Å²) in [4.78, 5) is 4.04. The lowest BCUT2D eigenvalue weighted by Gasteiger charge is -2.07. The van der Waals surface area contributed by atoms with Crippen LogP contribution in [0.1, 0.15) is 24.8 Å². The molecule has 1 unspecified atom stereocenters. The van der Waals surface area contributed by atoms with E-state index >= 15 is 0 Å². The number of aromatic nitrogens is 1. The third kappa shape index (κ3) is 2.51. The summed E-state index contributed by atoms with van der Waals surface area (Å²) in [6.07, 6.45) is 4.71. The average molecular weight is 170 g/mol. The van der Waals surface area contributed by atoms with Crippen molar-refractivity contribution in [2.45, 2.75) is 19.3 Å². The number of hydrogen-bond donors (Lipinski definition) is 0. The smallest absolute Gasteiger partial charge is 0.0302 e. The van der Waals surface area contributed by atoms with E-state index in [1.807, 2.05) is 12.3 Å². The topological polar surface area (TPSA) is 12.9 Å².